The van der Waals surface area contributed by atoms with Crippen LogP contribution in [0, 0.1) is 5.92 Å². The molecule has 0 atom stereocenters. The van der Waals surface area contributed by atoms with Gasteiger partial charge in [0.15, 0.2) is 0 Å². The highest BCUT2D eigenvalue weighted by Crippen LogP contribution is 2.36. The van der Waals surface area contributed by atoms with E-state index in [4.69, 9.17) is 0 Å². The second-order valence-electron chi connectivity index (χ2n) is 5.51. The Morgan fingerprint density at radius 2 is 2.26 bits per heavy atom. The third-order valence-electron chi connectivity index (χ3n) is 3.35. The van der Waals surface area contributed by atoms with Gasteiger partial charge in [-0.2, -0.15) is 0 Å². The van der Waals surface area contributed by atoms with Crippen LogP contribution >= 0.6 is 27.3 Å². The van der Waals surface area contributed by atoms with E-state index in [1.165, 1.54) is 23.1 Å². The van der Waals surface area contributed by atoms with Crippen molar-refractivity contribution >= 4 is 43.4 Å². The maximum atomic E-state index is 12.3. The van der Waals surface area contributed by atoms with Crippen LogP contribution in [0.1, 0.15) is 37.2 Å². The Labute approximate surface area is 125 Å². The van der Waals surface area contributed by atoms with Crippen molar-refractivity contribution in [3.05, 3.63) is 21.6 Å². The van der Waals surface area contributed by atoms with Crippen LogP contribution in [0.5, 0.6) is 0 Å². The molecule has 3 nitrogen and oxygen atoms in total. The third-order valence-corrected chi connectivity index (χ3v) is 4.92. The summed E-state index contributed by atoms with van der Waals surface area (Å²) in [5.74, 6) is 0.787. The van der Waals surface area contributed by atoms with E-state index in [0.29, 0.717) is 0 Å². The summed E-state index contributed by atoms with van der Waals surface area (Å²) in [6, 6.07) is 4.31. The van der Waals surface area contributed by atoms with Gasteiger partial charge in [-0.1, -0.05) is 0 Å². The van der Waals surface area contributed by atoms with E-state index in [1.54, 1.807) is 11.3 Å². The molecule has 2 heterocycles. The minimum Gasteiger partial charge on any atom is -0.349 e. The number of aromatic nitrogens is 1. The minimum atomic E-state index is 0.0372. The van der Waals surface area contributed by atoms with Crippen LogP contribution in [-0.2, 0) is 6.54 Å². The van der Waals surface area contributed by atoms with Crippen molar-refractivity contribution in [3.8, 4) is 0 Å². The fourth-order valence-electron chi connectivity index (χ4n) is 2.29. The van der Waals surface area contributed by atoms with Crippen LogP contribution in [-0.4, -0.2) is 16.5 Å². The summed E-state index contributed by atoms with van der Waals surface area (Å²) in [5, 5.41) is 2.99. The fraction of sp³-hybridized carbons (Fsp3) is 0.500. The number of thiophene rings is 1. The third kappa shape index (κ3) is 2.72. The minimum absolute atomic E-state index is 0.0372. The van der Waals surface area contributed by atoms with Gasteiger partial charge in [0.25, 0.3) is 5.91 Å². The Balaban J connectivity index is 2.01. The lowest BCUT2D eigenvalue weighted by Gasteiger charge is -2.12. The average Bonchev–Trinajstić information content (AvgIpc) is 2.96. The number of amides is 1. The molecule has 1 fully saturated rings. The number of carbonyl (C=O) groups is 1. The number of hydrogen-bond acceptors (Lipinski definition) is 2. The number of fused-ring (bicyclic) bond motifs is 1. The molecule has 102 valence electrons. The first-order valence-electron chi connectivity index (χ1n) is 6.64. The molecule has 1 saturated carbocycles. The van der Waals surface area contributed by atoms with Gasteiger partial charge in [0.1, 0.15) is 5.69 Å². The molecule has 0 bridgehead atoms. The molecule has 1 amide bonds. The van der Waals surface area contributed by atoms with E-state index in [2.05, 4.69) is 31.9 Å². The lowest BCUT2D eigenvalue weighted by atomic mass is 10.3. The molecule has 0 radical (unpaired) electrons. The maximum Gasteiger partial charge on any atom is 0.268 e. The zero-order valence-corrected chi connectivity index (χ0v) is 13.5. The van der Waals surface area contributed by atoms with Crippen LogP contribution in [0.2, 0.25) is 0 Å². The number of carbonyl (C=O) groups excluding carboxylic acids is 1. The Morgan fingerprint density at radius 3 is 2.89 bits per heavy atom. The number of nitrogens with zero attached hydrogens (tertiary/aromatic N) is 1. The molecule has 1 aliphatic rings. The van der Waals surface area contributed by atoms with Gasteiger partial charge in [0, 0.05) is 12.6 Å². The zero-order valence-electron chi connectivity index (χ0n) is 11.1. The van der Waals surface area contributed by atoms with Crippen molar-refractivity contribution in [2.45, 2.75) is 39.3 Å². The van der Waals surface area contributed by atoms with Crippen LogP contribution in [0.25, 0.3) is 10.2 Å². The molecule has 0 saturated heterocycles. The molecule has 0 aliphatic heterocycles. The van der Waals surface area contributed by atoms with Gasteiger partial charge in [0.2, 0.25) is 0 Å². The van der Waals surface area contributed by atoms with E-state index in [-0.39, 0.29) is 11.9 Å². The second-order valence-corrected chi connectivity index (χ2v) is 7.97. The standard InChI is InChI=1S/C14H17BrN2OS/c1-8(2)16-14(18)11-5-12-10(6-13(15)19-12)17(11)7-9-3-4-9/h5-6,8-9H,3-4,7H2,1-2H3,(H,16,18). The maximum absolute atomic E-state index is 12.3. The quantitative estimate of drug-likeness (QED) is 0.896. The Kier molecular flexibility index (Phi) is 3.43. The highest BCUT2D eigenvalue weighted by molar-refractivity contribution is 9.11. The molecular weight excluding hydrogens is 324 g/mol. The molecule has 3 rings (SSSR count). The van der Waals surface area contributed by atoms with E-state index < -0.39 is 0 Å². The Hall–Kier alpha value is -0.810. The summed E-state index contributed by atoms with van der Waals surface area (Å²) in [7, 11) is 0. The van der Waals surface area contributed by atoms with Gasteiger partial charge in [-0.05, 0) is 60.7 Å². The zero-order chi connectivity index (χ0) is 13.6. The van der Waals surface area contributed by atoms with E-state index >= 15 is 0 Å². The summed E-state index contributed by atoms with van der Waals surface area (Å²) in [5.41, 5.74) is 1.98. The lowest BCUT2D eigenvalue weighted by molar-refractivity contribution is 0.0934. The normalized spacial score (nSPS) is 15.4. The van der Waals surface area contributed by atoms with Gasteiger partial charge in [-0.15, -0.1) is 11.3 Å². The second kappa shape index (κ2) is 4.94. The van der Waals surface area contributed by atoms with Gasteiger partial charge < -0.3 is 9.88 Å². The molecule has 5 heteroatoms. The molecule has 19 heavy (non-hydrogen) atoms. The van der Waals surface area contributed by atoms with Crippen LogP contribution in [0.4, 0.5) is 0 Å². The van der Waals surface area contributed by atoms with Crippen molar-refractivity contribution in [1.82, 2.24) is 9.88 Å². The molecule has 0 aromatic carbocycles. The summed E-state index contributed by atoms with van der Waals surface area (Å²) in [6.45, 7) is 4.95. The highest BCUT2D eigenvalue weighted by atomic mass is 79.9. The predicted molar refractivity (Wildman–Crippen MR) is 82.8 cm³/mol. The molecule has 2 aromatic rings. The van der Waals surface area contributed by atoms with Gasteiger partial charge in [-0.25, -0.2) is 0 Å². The molecule has 0 spiro atoms. The summed E-state index contributed by atoms with van der Waals surface area (Å²) < 4.78 is 4.49. The van der Waals surface area contributed by atoms with E-state index in [9.17, 15) is 4.79 Å². The number of nitrogens with one attached hydrogen (secondary N) is 1. The van der Waals surface area contributed by atoms with Crippen LogP contribution in [0.3, 0.4) is 0 Å². The molecule has 0 unspecified atom stereocenters. The molecule has 2 aromatic heterocycles. The lowest BCUT2D eigenvalue weighted by Crippen LogP contribution is -2.31. The highest BCUT2D eigenvalue weighted by Gasteiger charge is 2.26. The SMILES string of the molecule is CC(C)NC(=O)c1cc2sc(Br)cc2n1CC1CC1. The monoisotopic (exact) mass is 340 g/mol. The molecular formula is C14H17BrN2OS. The number of halogens is 1. The van der Waals surface area contributed by atoms with Crippen LogP contribution in [0.15, 0.2) is 15.9 Å². The van der Waals surface area contributed by atoms with E-state index in [0.717, 1.165) is 21.9 Å². The first-order valence-corrected chi connectivity index (χ1v) is 8.25. The Bertz CT molecular complexity index is 625. The summed E-state index contributed by atoms with van der Waals surface area (Å²) in [4.78, 5) is 12.3. The first kappa shape index (κ1) is 13.2. The van der Waals surface area contributed by atoms with Gasteiger partial charge in [0.05, 0.1) is 14.0 Å². The van der Waals surface area contributed by atoms with Crippen molar-refractivity contribution in [1.29, 1.82) is 0 Å². The van der Waals surface area contributed by atoms with Crippen molar-refractivity contribution in [3.63, 3.8) is 0 Å². The molecule has 1 N–H and O–H groups in total. The summed E-state index contributed by atoms with van der Waals surface area (Å²) in [6.07, 6.45) is 2.58. The van der Waals surface area contributed by atoms with Gasteiger partial charge in [-0.3, -0.25) is 4.79 Å². The van der Waals surface area contributed by atoms with Gasteiger partial charge >= 0.3 is 0 Å². The first-order chi connectivity index (χ1) is 9.04. The Morgan fingerprint density at radius 1 is 1.53 bits per heavy atom. The number of rotatable bonds is 4. The fourth-order valence-corrected chi connectivity index (χ4v) is 3.86. The van der Waals surface area contributed by atoms with Crippen molar-refractivity contribution in [2.24, 2.45) is 5.92 Å². The van der Waals surface area contributed by atoms with Crippen molar-refractivity contribution < 1.29 is 4.79 Å². The van der Waals surface area contributed by atoms with E-state index in [1.807, 2.05) is 19.9 Å². The topological polar surface area (TPSA) is 34.0 Å². The average molecular weight is 341 g/mol. The van der Waals surface area contributed by atoms with Crippen molar-refractivity contribution in [2.75, 3.05) is 0 Å². The largest absolute Gasteiger partial charge is 0.349 e. The smallest absolute Gasteiger partial charge is 0.268 e. The van der Waals surface area contributed by atoms with Crippen LogP contribution < -0.4 is 5.32 Å². The molecule has 1 aliphatic carbocycles. The summed E-state index contributed by atoms with van der Waals surface area (Å²) >= 11 is 5.21. The predicted octanol–water partition coefficient (Wildman–Crippen LogP) is 4.01. The number of hydrogen-bond donors (Lipinski definition) is 1.